The number of aromatic amines is 1. The number of carbonyl (C=O) groups is 1. The molecule has 9 heteroatoms. The molecule has 2 heterocycles. The van der Waals surface area contributed by atoms with E-state index in [1.165, 1.54) is 0 Å². The molecule has 3 aromatic rings. The SMILES string of the molecule is CCOc1ccc(-c2cc(C(=O)N3CCN(Cc4ccc(OC)c(OC)c4OC)CC3)[nH]n2)cc1. The van der Waals surface area contributed by atoms with Gasteiger partial charge in [-0.1, -0.05) is 6.07 Å². The van der Waals surface area contributed by atoms with Gasteiger partial charge in [0, 0.05) is 43.9 Å². The summed E-state index contributed by atoms with van der Waals surface area (Å²) in [6.45, 7) is 6.03. The minimum atomic E-state index is -0.0435. The van der Waals surface area contributed by atoms with Crippen LogP contribution in [0.25, 0.3) is 11.3 Å². The molecule has 0 aliphatic carbocycles. The average Bonchev–Trinajstić information content (AvgIpc) is 3.39. The molecule has 1 fully saturated rings. The monoisotopic (exact) mass is 480 g/mol. The summed E-state index contributed by atoms with van der Waals surface area (Å²) in [6.07, 6.45) is 0. The lowest BCUT2D eigenvalue weighted by Gasteiger charge is -2.34. The normalized spacial score (nSPS) is 14.0. The number of piperazine rings is 1. The third-order valence-electron chi connectivity index (χ3n) is 6.11. The van der Waals surface area contributed by atoms with Gasteiger partial charge in [0.1, 0.15) is 11.4 Å². The van der Waals surface area contributed by atoms with Crippen LogP contribution >= 0.6 is 0 Å². The summed E-state index contributed by atoms with van der Waals surface area (Å²) >= 11 is 0. The Morgan fingerprint density at radius 2 is 1.66 bits per heavy atom. The van der Waals surface area contributed by atoms with E-state index in [2.05, 4.69) is 15.1 Å². The van der Waals surface area contributed by atoms with Crippen molar-refractivity contribution in [1.29, 1.82) is 0 Å². The number of nitrogens with zero attached hydrogens (tertiary/aromatic N) is 3. The molecule has 1 amide bonds. The molecule has 4 rings (SSSR count). The van der Waals surface area contributed by atoms with Crippen molar-refractivity contribution >= 4 is 5.91 Å². The maximum atomic E-state index is 13.1. The first kappa shape index (κ1) is 24.4. The van der Waals surface area contributed by atoms with Crippen molar-refractivity contribution in [1.82, 2.24) is 20.0 Å². The molecule has 0 radical (unpaired) electrons. The highest BCUT2D eigenvalue weighted by atomic mass is 16.5. The maximum Gasteiger partial charge on any atom is 0.271 e. The molecule has 186 valence electrons. The van der Waals surface area contributed by atoms with Crippen LogP contribution in [-0.4, -0.2) is 80.0 Å². The van der Waals surface area contributed by atoms with Crippen LogP contribution in [0, 0.1) is 0 Å². The minimum Gasteiger partial charge on any atom is -0.494 e. The van der Waals surface area contributed by atoms with Crippen molar-refractivity contribution < 1.29 is 23.7 Å². The van der Waals surface area contributed by atoms with Gasteiger partial charge in [0.25, 0.3) is 5.91 Å². The third kappa shape index (κ3) is 5.35. The van der Waals surface area contributed by atoms with E-state index in [1.807, 2.05) is 48.2 Å². The number of hydrogen-bond acceptors (Lipinski definition) is 7. The first-order valence-electron chi connectivity index (χ1n) is 11.7. The molecule has 9 nitrogen and oxygen atoms in total. The molecule has 0 bridgehead atoms. The van der Waals surface area contributed by atoms with E-state index in [9.17, 15) is 4.79 Å². The van der Waals surface area contributed by atoms with Crippen LogP contribution in [0.5, 0.6) is 23.0 Å². The van der Waals surface area contributed by atoms with Crippen LogP contribution in [-0.2, 0) is 6.54 Å². The van der Waals surface area contributed by atoms with Gasteiger partial charge in [0.2, 0.25) is 5.75 Å². The van der Waals surface area contributed by atoms with Crippen molar-refractivity contribution in [3.63, 3.8) is 0 Å². The van der Waals surface area contributed by atoms with Gasteiger partial charge >= 0.3 is 0 Å². The summed E-state index contributed by atoms with van der Waals surface area (Å²) in [5, 5.41) is 7.24. The molecule has 35 heavy (non-hydrogen) atoms. The van der Waals surface area contributed by atoms with E-state index in [4.69, 9.17) is 18.9 Å². The molecular formula is C26H32N4O5. The Balaban J connectivity index is 1.37. The Morgan fingerprint density at radius 1 is 0.943 bits per heavy atom. The highest BCUT2D eigenvalue weighted by Crippen LogP contribution is 2.40. The number of hydrogen-bond donors (Lipinski definition) is 1. The Labute approximate surface area is 205 Å². The topological polar surface area (TPSA) is 89.2 Å². The van der Waals surface area contributed by atoms with Gasteiger partial charge in [-0.05, 0) is 43.3 Å². The Hall–Kier alpha value is -3.72. The first-order chi connectivity index (χ1) is 17.1. The van der Waals surface area contributed by atoms with E-state index in [1.54, 1.807) is 27.4 Å². The van der Waals surface area contributed by atoms with Crippen LogP contribution in [0.15, 0.2) is 42.5 Å². The molecule has 0 saturated carbocycles. The fraction of sp³-hybridized carbons (Fsp3) is 0.385. The summed E-state index contributed by atoms with van der Waals surface area (Å²) < 4.78 is 22.0. The van der Waals surface area contributed by atoms with E-state index >= 15 is 0 Å². The molecule has 1 aromatic heterocycles. The second-order valence-corrected chi connectivity index (χ2v) is 8.19. The average molecular weight is 481 g/mol. The third-order valence-corrected chi connectivity index (χ3v) is 6.11. The summed E-state index contributed by atoms with van der Waals surface area (Å²) in [7, 11) is 4.84. The minimum absolute atomic E-state index is 0.0435. The van der Waals surface area contributed by atoms with E-state index in [0.717, 1.165) is 35.7 Å². The molecule has 1 N–H and O–H groups in total. The highest BCUT2D eigenvalue weighted by Gasteiger charge is 2.25. The molecule has 1 saturated heterocycles. The fourth-order valence-electron chi connectivity index (χ4n) is 4.28. The predicted octanol–water partition coefficient (Wildman–Crippen LogP) is 3.46. The van der Waals surface area contributed by atoms with Crippen LogP contribution in [0.3, 0.4) is 0 Å². The number of ether oxygens (including phenoxy) is 4. The zero-order valence-corrected chi connectivity index (χ0v) is 20.7. The number of methoxy groups -OCH3 is 3. The van der Waals surface area contributed by atoms with Crippen LogP contribution in [0.4, 0.5) is 0 Å². The number of amides is 1. The van der Waals surface area contributed by atoms with Crippen LogP contribution in [0.1, 0.15) is 23.0 Å². The lowest BCUT2D eigenvalue weighted by Crippen LogP contribution is -2.48. The number of nitrogens with one attached hydrogen (secondary N) is 1. The molecule has 0 unspecified atom stereocenters. The van der Waals surface area contributed by atoms with Crippen molar-refractivity contribution in [2.45, 2.75) is 13.5 Å². The largest absolute Gasteiger partial charge is 0.494 e. The number of H-pyrrole nitrogens is 1. The lowest BCUT2D eigenvalue weighted by atomic mass is 10.1. The van der Waals surface area contributed by atoms with Crippen molar-refractivity contribution in [3.05, 3.63) is 53.7 Å². The summed E-state index contributed by atoms with van der Waals surface area (Å²) in [5.41, 5.74) is 3.16. The molecule has 2 aromatic carbocycles. The molecule has 1 aliphatic heterocycles. The number of rotatable bonds is 9. The van der Waals surface area contributed by atoms with Gasteiger partial charge in [0.15, 0.2) is 11.5 Å². The summed E-state index contributed by atoms with van der Waals surface area (Å²) in [6, 6.07) is 13.4. The predicted molar refractivity (Wildman–Crippen MR) is 132 cm³/mol. The Bertz CT molecular complexity index is 1140. The zero-order chi connectivity index (χ0) is 24.8. The standard InChI is InChI=1S/C26H32N4O5/c1-5-35-20-9-6-18(7-10-20)21-16-22(28-27-21)26(31)30-14-12-29(13-15-30)17-19-8-11-23(32-2)25(34-4)24(19)33-3/h6-11,16H,5,12-15,17H2,1-4H3,(H,27,28). The van der Waals surface area contributed by atoms with Crippen LogP contribution in [0.2, 0.25) is 0 Å². The molecule has 0 atom stereocenters. The Kier molecular flexibility index (Phi) is 7.77. The highest BCUT2D eigenvalue weighted by molar-refractivity contribution is 5.93. The smallest absolute Gasteiger partial charge is 0.271 e. The first-order valence-corrected chi connectivity index (χ1v) is 11.7. The van der Waals surface area contributed by atoms with Gasteiger partial charge in [0.05, 0.1) is 33.6 Å². The number of carbonyl (C=O) groups excluding carboxylic acids is 1. The van der Waals surface area contributed by atoms with Gasteiger partial charge in [-0.15, -0.1) is 0 Å². The van der Waals surface area contributed by atoms with Gasteiger partial charge in [-0.25, -0.2) is 0 Å². The summed E-state index contributed by atoms with van der Waals surface area (Å²) in [4.78, 5) is 17.2. The summed E-state index contributed by atoms with van der Waals surface area (Å²) in [5.74, 6) is 2.66. The van der Waals surface area contributed by atoms with E-state index in [-0.39, 0.29) is 5.91 Å². The van der Waals surface area contributed by atoms with Gasteiger partial charge < -0.3 is 23.8 Å². The van der Waals surface area contributed by atoms with Gasteiger partial charge in [-0.3, -0.25) is 14.8 Å². The van der Waals surface area contributed by atoms with Crippen molar-refractivity contribution in [2.75, 3.05) is 54.1 Å². The van der Waals surface area contributed by atoms with E-state index in [0.29, 0.717) is 49.2 Å². The second kappa shape index (κ2) is 11.1. The second-order valence-electron chi connectivity index (χ2n) is 8.19. The van der Waals surface area contributed by atoms with Crippen molar-refractivity contribution in [2.24, 2.45) is 0 Å². The van der Waals surface area contributed by atoms with Gasteiger partial charge in [-0.2, -0.15) is 5.10 Å². The number of benzene rings is 2. The molecular weight excluding hydrogens is 448 g/mol. The fourth-order valence-corrected chi connectivity index (χ4v) is 4.28. The molecule has 0 spiro atoms. The Morgan fingerprint density at radius 3 is 2.29 bits per heavy atom. The lowest BCUT2D eigenvalue weighted by molar-refractivity contribution is 0.0621. The van der Waals surface area contributed by atoms with Crippen LogP contribution < -0.4 is 18.9 Å². The quantitative estimate of drug-likeness (QED) is 0.502. The maximum absolute atomic E-state index is 13.1. The van der Waals surface area contributed by atoms with E-state index < -0.39 is 0 Å². The zero-order valence-electron chi connectivity index (χ0n) is 20.7. The number of aromatic nitrogens is 2. The van der Waals surface area contributed by atoms with Crippen molar-refractivity contribution in [3.8, 4) is 34.3 Å². The molecule has 1 aliphatic rings.